The third kappa shape index (κ3) is 5.27. The summed E-state index contributed by atoms with van der Waals surface area (Å²) in [6, 6.07) is 8.26. The van der Waals surface area contributed by atoms with Crippen molar-refractivity contribution in [2.45, 2.75) is 38.5 Å². The van der Waals surface area contributed by atoms with Gasteiger partial charge >= 0.3 is 12.1 Å². The Kier molecular flexibility index (Phi) is 6.52. The molecule has 0 heterocycles. The van der Waals surface area contributed by atoms with Crippen LogP contribution < -0.4 is 5.32 Å². The molecule has 0 aromatic heterocycles. The first kappa shape index (κ1) is 16.0. The molecule has 6 nitrogen and oxygen atoms in total. The molecule has 1 amide bonds. The van der Waals surface area contributed by atoms with Gasteiger partial charge in [-0.2, -0.15) is 0 Å². The summed E-state index contributed by atoms with van der Waals surface area (Å²) in [7, 11) is 0. The molecule has 0 aliphatic heterocycles. The Morgan fingerprint density at radius 2 is 1.95 bits per heavy atom. The van der Waals surface area contributed by atoms with Crippen LogP contribution in [-0.4, -0.2) is 34.4 Å². The molecule has 0 radical (unpaired) electrons. The maximum absolute atomic E-state index is 11.6. The maximum atomic E-state index is 11.6. The number of nitrogens with one attached hydrogen (secondary N) is 1. The van der Waals surface area contributed by atoms with Crippen molar-refractivity contribution in [2.24, 2.45) is 0 Å². The van der Waals surface area contributed by atoms with Crippen LogP contribution in [0.15, 0.2) is 30.3 Å². The fourth-order valence-electron chi connectivity index (χ4n) is 1.71. The highest BCUT2D eigenvalue weighted by Gasteiger charge is 2.26. The Labute approximate surface area is 117 Å². The third-order valence-electron chi connectivity index (χ3n) is 2.75. The molecule has 2 atom stereocenters. The summed E-state index contributed by atoms with van der Waals surface area (Å²) in [5.74, 6) is -1.37. The predicted molar refractivity (Wildman–Crippen MR) is 72.1 cm³/mol. The lowest BCUT2D eigenvalue weighted by atomic mass is 10.1. The van der Waals surface area contributed by atoms with Crippen molar-refractivity contribution in [2.75, 3.05) is 0 Å². The smallest absolute Gasteiger partial charge is 0.407 e. The number of carboxylic acids is 1. The second-order valence-electron chi connectivity index (χ2n) is 4.38. The van der Waals surface area contributed by atoms with Gasteiger partial charge in [-0.25, -0.2) is 9.59 Å². The number of aliphatic hydroxyl groups is 1. The van der Waals surface area contributed by atoms with E-state index in [1.54, 1.807) is 0 Å². The lowest BCUT2D eigenvalue weighted by Crippen LogP contribution is -2.47. The number of aliphatic hydroxyl groups excluding tert-OH is 1. The van der Waals surface area contributed by atoms with Gasteiger partial charge in [0, 0.05) is 0 Å². The van der Waals surface area contributed by atoms with Gasteiger partial charge in [-0.05, 0) is 12.0 Å². The Morgan fingerprint density at radius 1 is 1.30 bits per heavy atom. The van der Waals surface area contributed by atoms with Gasteiger partial charge in [-0.3, -0.25) is 0 Å². The lowest BCUT2D eigenvalue weighted by Gasteiger charge is -2.20. The first-order valence-electron chi connectivity index (χ1n) is 6.42. The van der Waals surface area contributed by atoms with Gasteiger partial charge < -0.3 is 20.3 Å². The summed E-state index contributed by atoms with van der Waals surface area (Å²) in [6.07, 6.45) is -1.39. The molecular weight excluding hydrogens is 262 g/mol. The van der Waals surface area contributed by atoms with E-state index in [1.807, 2.05) is 37.3 Å². The highest BCUT2D eigenvalue weighted by Crippen LogP contribution is 2.05. The van der Waals surface area contributed by atoms with Crippen molar-refractivity contribution in [1.82, 2.24) is 5.32 Å². The number of hydrogen-bond acceptors (Lipinski definition) is 4. The molecule has 0 saturated carbocycles. The normalized spacial score (nSPS) is 13.3. The van der Waals surface area contributed by atoms with E-state index in [9.17, 15) is 14.7 Å². The number of aliphatic carboxylic acids is 1. The molecule has 2 unspecified atom stereocenters. The molecule has 110 valence electrons. The van der Waals surface area contributed by atoms with Crippen LogP contribution >= 0.6 is 0 Å². The molecule has 3 N–H and O–H groups in total. The molecule has 0 saturated heterocycles. The molecule has 0 fully saturated rings. The van der Waals surface area contributed by atoms with Crippen LogP contribution in [-0.2, 0) is 16.1 Å². The van der Waals surface area contributed by atoms with E-state index < -0.39 is 24.2 Å². The largest absolute Gasteiger partial charge is 0.479 e. The van der Waals surface area contributed by atoms with E-state index >= 15 is 0 Å². The number of carbonyl (C=O) groups excluding carboxylic acids is 1. The minimum Gasteiger partial charge on any atom is -0.479 e. The number of carboxylic acid groups (broad SMARTS) is 1. The van der Waals surface area contributed by atoms with Crippen LogP contribution in [0, 0.1) is 0 Å². The van der Waals surface area contributed by atoms with Gasteiger partial charge in [0.2, 0.25) is 0 Å². The first-order chi connectivity index (χ1) is 9.54. The summed E-state index contributed by atoms with van der Waals surface area (Å²) in [4.78, 5) is 22.3. The molecule has 0 bridgehead atoms. The summed E-state index contributed by atoms with van der Waals surface area (Å²) < 4.78 is 4.98. The van der Waals surface area contributed by atoms with E-state index in [2.05, 4.69) is 5.32 Å². The second kappa shape index (κ2) is 8.16. The fraction of sp³-hybridized carbons (Fsp3) is 0.429. The van der Waals surface area contributed by atoms with Crippen LogP contribution in [0.5, 0.6) is 0 Å². The van der Waals surface area contributed by atoms with E-state index in [1.165, 1.54) is 0 Å². The molecule has 0 spiro atoms. The minimum atomic E-state index is -1.64. The molecule has 0 aliphatic carbocycles. The van der Waals surface area contributed by atoms with Gasteiger partial charge in [0.05, 0.1) is 6.04 Å². The van der Waals surface area contributed by atoms with Crippen molar-refractivity contribution >= 4 is 12.1 Å². The number of benzene rings is 1. The van der Waals surface area contributed by atoms with Crippen molar-refractivity contribution in [3.05, 3.63) is 35.9 Å². The SMILES string of the molecule is CCCC(NC(=O)OCc1ccccc1)C(O)C(=O)O. The van der Waals surface area contributed by atoms with Gasteiger partial charge in [0.1, 0.15) is 6.61 Å². The fourth-order valence-corrected chi connectivity index (χ4v) is 1.71. The summed E-state index contributed by atoms with van der Waals surface area (Å²) in [6.45, 7) is 1.92. The number of rotatable bonds is 7. The van der Waals surface area contributed by atoms with Gasteiger partial charge in [-0.1, -0.05) is 43.7 Å². The van der Waals surface area contributed by atoms with Crippen LogP contribution in [0.2, 0.25) is 0 Å². The maximum Gasteiger partial charge on any atom is 0.407 e. The lowest BCUT2D eigenvalue weighted by molar-refractivity contribution is -0.148. The van der Waals surface area contributed by atoms with Gasteiger partial charge in [0.25, 0.3) is 0 Å². The molecule has 1 aromatic carbocycles. The zero-order valence-corrected chi connectivity index (χ0v) is 11.3. The monoisotopic (exact) mass is 281 g/mol. The highest BCUT2D eigenvalue weighted by atomic mass is 16.5. The van der Waals surface area contributed by atoms with E-state index in [0.29, 0.717) is 12.8 Å². The quantitative estimate of drug-likeness (QED) is 0.704. The zero-order chi connectivity index (χ0) is 15.0. The van der Waals surface area contributed by atoms with E-state index in [-0.39, 0.29) is 6.61 Å². The standard InChI is InChI=1S/C14H19NO5/c1-2-6-11(12(16)13(17)18)15-14(19)20-9-10-7-4-3-5-8-10/h3-5,7-8,11-12,16H,2,6,9H2,1H3,(H,15,19)(H,17,18). The predicted octanol–water partition coefficient (Wildman–Crippen LogP) is 1.53. The summed E-state index contributed by atoms with van der Waals surface area (Å²) in [5, 5.41) is 20.6. The van der Waals surface area contributed by atoms with E-state index in [0.717, 1.165) is 5.56 Å². The molecule has 0 aliphatic rings. The first-order valence-corrected chi connectivity index (χ1v) is 6.42. The molecule has 20 heavy (non-hydrogen) atoms. The molecule has 6 heteroatoms. The number of ether oxygens (including phenoxy) is 1. The number of amides is 1. The van der Waals surface area contributed by atoms with Gasteiger partial charge in [-0.15, -0.1) is 0 Å². The Hall–Kier alpha value is -2.08. The Balaban J connectivity index is 2.47. The number of alkyl carbamates (subject to hydrolysis) is 1. The van der Waals surface area contributed by atoms with Crippen LogP contribution in [0.4, 0.5) is 4.79 Å². The summed E-state index contributed by atoms with van der Waals surface area (Å²) >= 11 is 0. The topological polar surface area (TPSA) is 95.9 Å². The van der Waals surface area contributed by atoms with Crippen LogP contribution in [0.25, 0.3) is 0 Å². The molecule has 1 rings (SSSR count). The summed E-state index contributed by atoms with van der Waals surface area (Å²) in [5.41, 5.74) is 0.827. The third-order valence-corrected chi connectivity index (χ3v) is 2.75. The zero-order valence-electron chi connectivity index (χ0n) is 11.3. The van der Waals surface area contributed by atoms with Crippen molar-refractivity contribution < 1.29 is 24.5 Å². The minimum absolute atomic E-state index is 0.0919. The van der Waals surface area contributed by atoms with E-state index in [4.69, 9.17) is 9.84 Å². The van der Waals surface area contributed by atoms with Crippen molar-refractivity contribution in [3.63, 3.8) is 0 Å². The van der Waals surface area contributed by atoms with Crippen molar-refractivity contribution in [3.8, 4) is 0 Å². The van der Waals surface area contributed by atoms with Crippen LogP contribution in [0.1, 0.15) is 25.3 Å². The average Bonchev–Trinajstić information content (AvgIpc) is 2.45. The van der Waals surface area contributed by atoms with Crippen LogP contribution in [0.3, 0.4) is 0 Å². The Bertz CT molecular complexity index is 434. The number of hydrogen-bond donors (Lipinski definition) is 3. The molecule has 1 aromatic rings. The average molecular weight is 281 g/mol. The Morgan fingerprint density at radius 3 is 2.50 bits per heavy atom. The number of carbonyl (C=O) groups is 2. The molecular formula is C14H19NO5. The second-order valence-corrected chi connectivity index (χ2v) is 4.38. The highest BCUT2D eigenvalue weighted by molar-refractivity contribution is 5.75. The van der Waals surface area contributed by atoms with Crippen molar-refractivity contribution in [1.29, 1.82) is 0 Å². The van der Waals surface area contributed by atoms with Gasteiger partial charge in [0.15, 0.2) is 6.10 Å².